The largest absolute Gasteiger partial charge is 0.461 e. The zero-order valence-electron chi connectivity index (χ0n) is 13.8. The summed E-state index contributed by atoms with van der Waals surface area (Å²) >= 11 is 0. The molecule has 1 aliphatic carbocycles. The molecule has 5 heteroatoms. The summed E-state index contributed by atoms with van der Waals surface area (Å²) in [4.78, 5) is 25.0. The Morgan fingerprint density at radius 1 is 1.35 bits per heavy atom. The van der Waals surface area contributed by atoms with E-state index in [9.17, 15) is 9.59 Å². The first-order valence-electron chi connectivity index (χ1n) is 8.14. The average Bonchev–Trinajstić information content (AvgIpc) is 3.23. The highest BCUT2D eigenvalue weighted by atomic mass is 16.5. The number of ether oxygens (including phenoxy) is 1. The van der Waals surface area contributed by atoms with Crippen molar-refractivity contribution in [2.24, 2.45) is 17.8 Å². The van der Waals surface area contributed by atoms with E-state index in [4.69, 9.17) is 4.74 Å². The molecule has 1 aromatic heterocycles. The van der Waals surface area contributed by atoms with E-state index in [2.05, 4.69) is 12.0 Å². The molecular formula is C18H22N2O3. The lowest BCUT2D eigenvalue weighted by atomic mass is 10.1. The van der Waals surface area contributed by atoms with Crippen LogP contribution >= 0.6 is 0 Å². The van der Waals surface area contributed by atoms with Gasteiger partial charge < -0.3 is 4.74 Å². The number of rotatable bonds is 5. The minimum atomic E-state index is -0.446. The molecule has 0 saturated heterocycles. The van der Waals surface area contributed by atoms with Crippen LogP contribution in [0.3, 0.4) is 0 Å². The molecule has 0 bridgehead atoms. The van der Waals surface area contributed by atoms with Gasteiger partial charge in [-0.1, -0.05) is 39.0 Å². The van der Waals surface area contributed by atoms with Crippen molar-refractivity contribution >= 4 is 16.7 Å². The summed E-state index contributed by atoms with van der Waals surface area (Å²) in [6, 6.07) is 7.08. The van der Waals surface area contributed by atoms with E-state index in [-0.39, 0.29) is 17.2 Å². The lowest BCUT2D eigenvalue weighted by molar-refractivity contribution is 0.0473. The molecule has 0 spiro atoms. The first-order chi connectivity index (χ1) is 11.0. The van der Waals surface area contributed by atoms with Gasteiger partial charge in [0.1, 0.15) is 0 Å². The second kappa shape index (κ2) is 6.14. The van der Waals surface area contributed by atoms with Gasteiger partial charge in [0.2, 0.25) is 0 Å². The Balaban J connectivity index is 1.98. The standard InChI is InChI=1S/C18H22N2O3/c1-11(2)9-20-17(21)15-7-5-4-6-14(15)16(19-20)18(22)23-10-13-8-12(13)3/h4-7,11-13H,8-10H2,1-3H3. The third-order valence-corrected chi connectivity index (χ3v) is 4.30. The van der Waals surface area contributed by atoms with Gasteiger partial charge in [-0.2, -0.15) is 5.10 Å². The Hall–Kier alpha value is -2.17. The molecule has 0 N–H and O–H groups in total. The molecule has 2 aromatic rings. The third-order valence-electron chi connectivity index (χ3n) is 4.30. The number of nitrogens with zero attached hydrogens (tertiary/aromatic N) is 2. The van der Waals surface area contributed by atoms with Crippen LogP contribution < -0.4 is 5.56 Å². The van der Waals surface area contributed by atoms with Gasteiger partial charge >= 0.3 is 5.97 Å². The van der Waals surface area contributed by atoms with E-state index in [1.807, 2.05) is 13.8 Å². The molecule has 2 unspecified atom stereocenters. The molecule has 3 rings (SSSR count). The van der Waals surface area contributed by atoms with Crippen molar-refractivity contribution in [2.75, 3.05) is 6.61 Å². The number of carbonyl (C=O) groups is 1. The van der Waals surface area contributed by atoms with Crippen molar-refractivity contribution in [2.45, 2.75) is 33.7 Å². The van der Waals surface area contributed by atoms with Crippen molar-refractivity contribution in [3.8, 4) is 0 Å². The van der Waals surface area contributed by atoms with Gasteiger partial charge in [-0.15, -0.1) is 0 Å². The predicted octanol–water partition coefficient (Wildman–Crippen LogP) is 2.87. The van der Waals surface area contributed by atoms with Gasteiger partial charge in [0.05, 0.1) is 12.0 Å². The van der Waals surface area contributed by atoms with Crippen molar-refractivity contribution in [1.29, 1.82) is 0 Å². The number of hydrogen-bond donors (Lipinski definition) is 0. The maximum absolute atomic E-state index is 12.5. The van der Waals surface area contributed by atoms with Gasteiger partial charge in [0.25, 0.3) is 5.56 Å². The van der Waals surface area contributed by atoms with Gasteiger partial charge in [-0.3, -0.25) is 4.79 Å². The van der Waals surface area contributed by atoms with Crippen molar-refractivity contribution in [3.05, 3.63) is 40.3 Å². The highest BCUT2D eigenvalue weighted by molar-refractivity contribution is 6.02. The Labute approximate surface area is 135 Å². The minimum absolute atomic E-state index is 0.165. The van der Waals surface area contributed by atoms with Gasteiger partial charge in [0.15, 0.2) is 5.69 Å². The topological polar surface area (TPSA) is 61.2 Å². The molecule has 2 atom stereocenters. The summed E-state index contributed by atoms with van der Waals surface area (Å²) in [6.45, 7) is 7.07. The molecule has 1 fully saturated rings. The van der Waals surface area contributed by atoms with Gasteiger partial charge in [0, 0.05) is 11.9 Å². The van der Waals surface area contributed by atoms with Gasteiger partial charge in [-0.25, -0.2) is 9.48 Å². The molecule has 1 heterocycles. The van der Waals surface area contributed by atoms with Crippen LogP contribution in [0.1, 0.15) is 37.7 Å². The number of aromatic nitrogens is 2. The van der Waals surface area contributed by atoms with Crippen LogP contribution in [0.2, 0.25) is 0 Å². The summed E-state index contributed by atoms with van der Waals surface area (Å²) in [7, 11) is 0. The van der Waals surface area contributed by atoms with Crippen LogP contribution in [0.15, 0.2) is 29.1 Å². The Morgan fingerprint density at radius 3 is 2.61 bits per heavy atom. The molecule has 1 aromatic carbocycles. The molecule has 1 aliphatic rings. The van der Waals surface area contributed by atoms with Crippen LogP contribution in [0, 0.1) is 17.8 Å². The molecule has 5 nitrogen and oxygen atoms in total. The smallest absolute Gasteiger partial charge is 0.359 e. The molecule has 0 radical (unpaired) electrons. The number of esters is 1. The third kappa shape index (κ3) is 3.28. The highest BCUT2D eigenvalue weighted by Crippen LogP contribution is 2.37. The van der Waals surface area contributed by atoms with Crippen molar-refractivity contribution in [1.82, 2.24) is 9.78 Å². The Morgan fingerprint density at radius 2 is 2.00 bits per heavy atom. The maximum atomic E-state index is 12.5. The zero-order valence-corrected chi connectivity index (χ0v) is 13.8. The molecule has 23 heavy (non-hydrogen) atoms. The molecule has 0 amide bonds. The van der Waals surface area contributed by atoms with Crippen molar-refractivity contribution in [3.63, 3.8) is 0 Å². The summed E-state index contributed by atoms with van der Waals surface area (Å²) < 4.78 is 6.79. The van der Waals surface area contributed by atoms with E-state index < -0.39 is 5.97 Å². The number of fused-ring (bicyclic) bond motifs is 1. The monoisotopic (exact) mass is 314 g/mol. The maximum Gasteiger partial charge on any atom is 0.359 e. The number of hydrogen-bond acceptors (Lipinski definition) is 4. The highest BCUT2D eigenvalue weighted by Gasteiger charge is 2.34. The first kappa shape index (κ1) is 15.7. The fraction of sp³-hybridized carbons (Fsp3) is 0.500. The first-order valence-corrected chi connectivity index (χ1v) is 8.14. The van der Waals surface area contributed by atoms with Crippen LogP contribution in [0.5, 0.6) is 0 Å². The van der Waals surface area contributed by atoms with Crippen LogP contribution in [0.4, 0.5) is 0 Å². The molecular weight excluding hydrogens is 292 g/mol. The second-order valence-corrected chi connectivity index (χ2v) is 6.85. The Kier molecular flexibility index (Phi) is 4.20. The predicted molar refractivity (Wildman–Crippen MR) is 88.4 cm³/mol. The SMILES string of the molecule is CC(C)Cn1nc(C(=O)OCC2CC2C)c2ccccc2c1=O. The van der Waals surface area contributed by atoms with E-state index in [1.54, 1.807) is 24.3 Å². The lowest BCUT2D eigenvalue weighted by Crippen LogP contribution is -2.28. The minimum Gasteiger partial charge on any atom is -0.461 e. The van der Waals surface area contributed by atoms with E-state index in [0.29, 0.717) is 35.8 Å². The van der Waals surface area contributed by atoms with Crippen LogP contribution in [-0.4, -0.2) is 22.4 Å². The van der Waals surface area contributed by atoms with Gasteiger partial charge in [-0.05, 0) is 30.2 Å². The summed E-state index contributed by atoms with van der Waals surface area (Å²) in [5.74, 6) is 0.907. The fourth-order valence-electron chi connectivity index (χ4n) is 2.74. The number of carbonyl (C=O) groups excluding carboxylic acids is 1. The summed E-state index contributed by atoms with van der Waals surface area (Å²) in [5.41, 5.74) is 0.0656. The van der Waals surface area contributed by atoms with Crippen LogP contribution in [-0.2, 0) is 11.3 Å². The summed E-state index contributed by atoms with van der Waals surface area (Å²) in [6.07, 6.45) is 1.11. The quantitative estimate of drug-likeness (QED) is 0.796. The Bertz CT molecular complexity index is 794. The molecule has 0 aliphatic heterocycles. The molecule has 1 saturated carbocycles. The van der Waals surface area contributed by atoms with Crippen LogP contribution in [0.25, 0.3) is 10.8 Å². The van der Waals surface area contributed by atoms with E-state index in [0.717, 1.165) is 6.42 Å². The number of benzene rings is 1. The molecule has 122 valence electrons. The zero-order chi connectivity index (χ0) is 16.6. The second-order valence-electron chi connectivity index (χ2n) is 6.85. The van der Waals surface area contributed by atoms with Crippen molar-refractivity contribution < 1.29 is 9.53 Å². The fourth-order valence-corrected chi connectivity index (χ4v) is 2.74. The van der Waals surface area contributed by atoms with E-state index in [1.165, 1.54) is 4.68 Å². The lowest BCUT2D eigenvalue weighted by Gasteiger charge is -2.12. The normalized spacial score (nSPS) is 20.0. The summed E-state index contributed by atoms with van der Waals surface area (Å²) in [5, 5.41) is 5.36. The van der Waals surface area contributed by atoms with E-state index >= 15 is 0 Å². The average molecular weight is 314 g/mol.